The van der Waals surface area contributed by atoms with E-state index >= 15 is 0 Å². The van der Waals surface area contributed by atoms with Gasteiger partial charge in [0.25, 0.3) is 0 Å². The third-order valence-corrected chi connectivity index (χ3v) is 3.01. The lowest BCUT2D eigenvalue weighted by Gasteiger charge is -2.05. The number of carbonyl (C=O) groups excluding carboxylic acids is 1. The highest BCUT2D eigenvalue weighted by atomic mass is 16.6. The highest BCUT2D eigenvalue weighted by Crippen LogP contribution is 2.15. The lowest BCUT2D eigenvalue weighted by Crippen LogP contribution is -2.10. The molecule has 116 valence electrons. The summed E-state index contributed by atoms with van der Waals surface area (Å²) < 4.78 is 15.9. The van der Waals surface area contributed by atoms with E-state index in [9.17, 15) is 4.79 Å². The number of hydrogen-bond acceptors (Lipinski definition) is 5. The zero-order valence-corrected chi connectivity index (χ0v) is 12.3. The molecule has 0 N–H and O–H groups in total. The van der Waals surface area contributed by atoms with E-state index in [4.69, 9.17) is 13.9 Å². The number of esters is 1. The maximum atomic E-state index is 11.6. The molecule has 0 atom stereocenters. The van der Waals surface area contributed by atoms with Crippen molar-refractivity contribution in [2.75, 3.05) is 13.2 Å². The Morgan fingerprint density at radius 2 is 1.83 bits per heavy atom. The fourth-order valence-electron chi connectivity index (χ4n) is 1.97. The van der Waals surface area contributed by atoms with E-state index in [1.165, 1.54) is 12.2 Å². The molecule has 5 heteroatoms. The first kappa shape index (κ1) is 14.8. The van der Waals surface area contributed by atoms with Gasteiger partial charge in [-0.3, -0.25) is 0 Å². The highest BCUT2D eigenvalue weighted by Gasteiger charge is 2.03. The van der Waals surface area contributed by atoms with Crippen LogP contribution in [0, 0.1) is 0 Å². The van der Waals surface area contributed by atoms with Crippen LogP contribution in [0.4, 0.5) is 0 Å². The first-order valence-corrected chi connectivity index (χ1v) is 7.19. The number of oxazole rings is 1. The number of fused-ring (bicyclic) bond motifs is 1. The van der Waals surface area contributed by atoms with Crippen molar-refractivity contribution in [2.45, 2.75) is 0 Å². The minimum absolute atomic E-state index is 0.172. The molecule has 0 spiro atoms. The summed E-state index contributed by atoms with van der Waals surface area (Å²) in [6, 6.07) is 16.7. The quantitative estimate of drug-likeness (QED) is 0.396. The number of hydrogen-bond donors (Lipinski definition) is 0. The van der Waals surface area contributed by atoms with Crippen molar-refractivity contribution in [1.82, 2.24) is 4.98 Å². The number of rotatable bonds is 6. The number of carbonyl (C=O) groups is 1. The molecule has 23 heavy (non-hydrogen) atoms. The first-order chi connectivity index (χ1) is 11.3. The van der Waals surface area contributed by atoms with Crippen molar-refractivity contribution in [3.63, 3.8) is 0 Å². The number of nitrogens with zero attached hydrogens (tertiary/aromatic N) is 1. The van der Waals surface area contributed by atoms with Crippen LogP contribution in [0.2, 0.25) is 0 Å². The van der Waals surface area contributed by atoms with Crippen LogP contribution in [0.15, 0.2) is 65.1 Å². The molecule has 3 rings (SSSR count). The van der Waals surface area contributed by atoms with E-state index in [0.717, 1.165) is 11.3 Å². The normalized spacial score (nSPS) is 11.0. The van der Waals surface area contributed by atoms with E-state index in [2.05, 4.69) is 4.98 Å². The molecule has 0 unspecified atom stereocenters. The molecule has 0 aliphatic carbocycles. The van der Waals surface area contributed by atoms with Crippen molar-refractivity contribution < 1.29 is 18.7 Å². The molecule has 0 saturated carbocycles. The van der Waals surface area contributed by atoms with Crippen LogP contribution in [-0.2, 0) is 9.53 Å². The van der Waals surface area contributed by atoms with Crippen LogP contribution in [0.5, 0.6) is 5.75 Å². The summed E-state index contributed by atoms with van der Waals surface area (Å²) in [5.41, 5.74) is 1.42. The van der Waals surface area contributed by atoms with Gasteiger partial charge in [0.15, 0.2) is 5.58 Å². The summed E-state index contributed by atoms with van der Waals surface area (Å²) in [4.78, 5) is 15.8. The Kier molecular flexibility index (Phi) is 4.69. The third kappa shape index (κ3) is 4.20. The van der Waals surface area contributed by atoms with Gasteiger partial charge in [-0.1, -0.05) is 30.3 Å². The van der Waals surface area contributed by atoms with Gasteiger partial charge in [0.05, 0.1) is 0 Å². The van der Waals surface area contributed by atoms with E-state index in [1.54, 1.807) is 0 Å². The summed E-state index contributed by atoms with van der Waals surface area (Å²) in [5, 5.41) is 0. The second-order valence-corrected chi connectivity index (χ2v) is 4.68. The molecule has 3 aromatic rings. The average Bonchev–Trinajstić information content (AvgIpc) is 3.01. The Hall–Kier alpha value is -3.08. The summed E-state index contributed by atoms with van der Waals surface area (Å²) in [5.74, 6) is 0.637. The molecular weight excluding hydrogens is 294 g/mol. The Morgan fingerprint density at radius 1 is 1.04 bits per heavy atom. The molecule has 1 heterocycles. The summed E-state index contributed by atoms with van der Waals surface area (Å²) in [6.45, 7) is 0.470. The summed E-state index contributed by atoms with van der Waals surface area (Å²) in [7, 11) is 0. The molecule has 2 aromatic carbocycles. The van der Waals surface area contributed by atoms with Crippen molar-refractivity contribution in [3.05, 3.63) is 66.6 Å². The number of benzene rings is 2. The van der Waals surface area contributed by atoms with E-state index < -0.39 is 5.97 Å². The lowest BCUT2D eigenvalue weighted by molar-refractivity contribution is -0.138. The molecule has 5 nitrogen and oxygen atoms in total. The van der Waals surface area contributed by atoms with Gasteiger partial charge < -0.3 is 13.9 Å². The highest BCUT2D eigenvalue weighted by molar-refractivity contribution is 5.86. The number of aromatic nitrogens is 1. The summed E-state index contributed by atoms with van der Waals surface area (Å²) >= 11 is 0. The van der Waals surface area contributed by atoms with Gasteiger partial charge in [0, 0.05) is 12.2 Å². The SMILES string of the molecule is O=C(/C=C/c1nc2ccccc2o1)OCCOc1ccccc1. The molecule has 1 aromatic heterocycles. The average molecular weight is 309 g/mol. The standard InChI is InChI=1S/C18H15NO4/c20-18(22-13-12-21-14-6-2-1-3-7-14)11-10-17-19-15-8-4-5-9-16(15)23-17/h1-11H,12-13H2/b11-10+. The van der Waals surface area contributed by atoms with Crippen LogP contribution in [0.1, 0.15) is 5.89 Å². The van der Waals surface area contributed by atoms with Crippen LogP contribution in [0.3, 0.4) is 0 Å². The van der Waals surface area contributed by atoms with Crippen LogP contribution in [-0.4, -0.2) is 24.2 Å². The second kappa shape index (κ2) is 7.26. The number of para-hydroxylation sites is 3. The van der Waals surface area contributed by atoms with Crippen molar-refractivity contribution in [2.24, 2.45) is 0 Å². The van der Waals surface area contributed by atoms with Gasteiger partial charge in [0.2, 0.25) is 5.89 Å². The minimum atomic E-state index is -0.469. The minimum Gasteiger partial charge on any atom is -0.490 e. The molecule has 0 fully saturated rings. The van der Waals surface area contributed by atoms with E-state index in [-0.39, 0.29) is 6.61 Å². The molecule has 0 amide bonds. The monoisotopic (exact) mass is 309 g/mol. The molecule has 0 radical (unpaired) electrons. The van der Waals surface area contributed by atoms with Crippen molar-refractivity contribution in [1.29, 1.82) is 0 Å². The van der Waals surface area contributed by atoms with E-state index in [1.807, 2.05) is 54.6 Å². The van der Waals surface area contributed by atoms with Crippen LogP contribution >= 0.6 is 0 Å². The smallest absolute Gasteiger partial charge is 0.331 e. The van der Waals surface area contributed by atoms with Crippen LogP contribution in [0.25, 0.3) is 17.2 Å². The Bertz CT molecular complexity index is 775. The molecule has 0 aliphatic heterocycles. The second-order valence-electron chi connectivity index (χ2n) is 4.68. The molecule has 0 aliphatic rings. The first-order valence-electron chi connectivity index (χ1n) is 7.19. The predicted molar refractivity (Wildman–Crippen MR) is 85.9 cm³/mol. The molecular formula is C18H15NO4. The Morgan fingerprint density at radius 3 is 2.65 bits per heavy atom. The van der Waals surface area contributed by atoms with E-state index in [0.29, 0.717) is 18.1 Å². The number of ether oxygens (including phenoxy) is 2. The predicted octanol–water partition coefficient (Wildman–Crippen LogP) is 3.46. The lowest BCUT2D eigenvalue weighted by atomic mass is 10.3. The Balaban J connectivity index is 1.45. The van der Waals surface area contributed by atoms with Gasteiger partial charge in [0.1, 0.15) is 24.5 Å². The molecule has 0 bridgehead atoms. The van der Waals surface area contributed by atoms with Gasteiger partial charge >= 0.3 is 5.97 Å². The van der Waals surface area contributed by atoms with Gasteiger partial charge in [-0.05, 0) is 24.3 Å². The maximum absolute atomic E-state index is 11.6. The zero-order valence-electron chi connectivity index (χ0n) is 12.3. The fraction of sp³-hybridized carbons (Fsp3) is 0.111. The zero-order chi connectivity index (χ0) is 15.9. The molecule has 0 saturated heterocycles. The van der Waals surface area contributed by atoms with Crippen LogP contribution < -0.4 is 4.74 Å². The van der Waals surface area contributed by atoms with Crippen molar-refractivity contribution >= 4 is 23.1 Å². The Labute approximate surface area is 133 Å². The van der Waals surface area contributed by atoms with Gasteiger partial charge in [-0.25, -0.2) is 9.78 Å². The van der Waals surface area contributed by atoms with Crippen molar-refractivity contribution in [3.8, 4) is 5.75 Å². The van der Waals surface area contributed by atoms with Gasteiger partial charge in [-0.2, -0.15) is 0 Å². The maximum Gasteiger partial charge on any atom is 0.331 e. The largest absolute Gasteiger partial charge is 0.490 e. The fourth-order valence-corrected chi connectivity index (χ4v) is 1.97. The third-order valence-electron chi connectivity index (χ3n) is 3.01. The van der Waals surface area contributed by atoms with Gasteiger partial charge in [-0.15, -0.1) is 0 Å². The topological polar surface area (TPSA) is 61.6 Å². The summed E-state index contributed by atoms with van der Waals surface area (Å²) in [6.07, 6.45) is 2.77.